The highest BCUT2D eigenvalue weighted by Crippen LogP contribution is 2.24. The average molecular weight is 285 g/mol. The Balaban J connectivity index is 2.02. The zero-order valence-corrected chi connectivity index (χ0v) is 11.3. The van der Waals surface area contributed by atoms with Crippen molar-refractivity contribution in [2.24, 2.45) is 0 Å². The molecule has 1 N–H and O–H groups in total. The van der Waals surface area contributed by atoms with Crippen LogP contribution in [0.2, 0.25) is 0 Å². The SMILES string of the molecule is CCNC(CCC(F)(F)F)Cc1ccc2occc2c1. The molecule has 0 saturated carbocycles. The van der Waals surface area contributed by atoms with Crippen molar-refractivity contribution in [2.45, 2.75) is 38.4 Å². The molecule has 0 aliphatic rings. The largest absolute Gasteiger partial charge is 0.464 e. The van der Waals surface area contributed by atoms with Crippen molar-refractivity contribution in [3.8, 4) is 0 Å². The number of benzene rings is 1. The van der Waals surface area contributed by atoms with Gasteiger partial charge in [0, 0.05) is 17.8 Å². The fourth-order valence-corrected chi connectivity index (χ4v) is 2.33. The van der Waals surface area contributed by atoms with Gasteiger partial charge in [0.25, 0.3) is 0 Å². The van der Waals surface area contributed by atoms with Crippen molar-refractivity contribution in [1.29, 1.82) is 0 Å². The Morgan fingerprint density at radius 1 is 1.25 bits per heavy atom. The molecule has 0 bridgehead atoms. The number of fused-ring (bicyclic) bond motifs is 1. The highest BCUT2D eigenvalue weighted by Gasteiger charge is 2.28. The Kier molecular flexibility index (Phi) is 4.70. The van der Waals surface area contributed by atoms with Gasteiger partial charge in [-0.05, 0) is 43.1 Å². The molecular weight excluding hydrogens is 267 g/mol. The predicted molar refractivity (Wildman–Crippen MR) is 72.7 cm³/mol. The molecule has 1 aromatic heterocycles. The van der Waals surface area contributed by atoms with Gasteiger partial charge in [0.2, 0.25) is 0 Å². The van der Waals surface area contributed by atoms with Gasteiger partial charge >= 0.3 is 6.18 Å². The van der Waals surface area contributed by atoms with Crippen molar-refractivity contribution in [3.63, 3.8) is 0 Å². The summed E-state index contributed by atoms with van der Waals surface area (Å²) in [6.45, 7) is 2.57. The van der Waals surface area contributed by atoms with E-state index < -0.39 is 12.6 Å². The number of furan rings is 1. The summed E-state index contributed by atoms with van der Waals surface area (Å²) < 4.78 is 42.2. The van der Waals surface area contributed by atoms with Crippen molar-refractivity contribution >= 4 is 11.0 Å². The van der Waals surface area contributed by atoms with Gasteiger partial charge in [-0.25, -0.2) is 0 Å². The zero-order chi connectivity index (χ0) is 14.6. The fourth-order valence-electron chi connectivity index (χ4n) is 2.33. The van der Waals surface area contributed by atoms with E-state index in [1.807, 2.05) is 31.2 Å². The number of hydrogen-bond donors (Lipinski definition) is 1. The van der Waals surface area contributed by atoms with Crippen LogP contribution >= 0.6 is 0 Å². The Morgan fingerprint density at radius 2 is 2.05 bits per heavy atom. The molecule has 0 amide bonds. The summed E-state index contributed by atoms with van der Waals surface area (Å²) in [5.41, 5.74) is 1.82. The molecule has 0 saturated heterocycles. The van der Waals surface area contributed by atoms with Gasteiger partial charge in [0.15, 0.2) is 0 Å². The molecule has 0 aliphatic carbocycles. The maximum Gasteiger partial charge on any atom is 0.389 e. The van der Waals surface area contributed by atoms with Crippen molar-refractivity contribution < 1.29 is 17.6 Å². The first-order valence-corrected chi connectivity index (χ1v) is 6.74. The monoisotopic (exact) mass is 285 g/mol. The van der Waals surface area contributed by atoms with Gasteiger partial charge in [-0.1, -0.05) is 13.0 Å². The average Bonchev–Trinajstić information content (AvgIpc) is 2.82. The maximum atomic E-state index is 12.3. The van der Waals surface area contributed by atoms with Crippen molar-refractivity contribution in [3.05, 3.63) is 36.1 Å². The van der Waals surface area contributed by atoms with E-state index in [9.17, 15) is 13.2 Å². The summed E-state index contributed by atoms with van der Waals surface area (Å²) in [4.78, 5) is 0. The minimum atomic E-state index is -4.10. The molecular formula is C15H18F3NO. The number of halogens is 3. The van der Waals surface area contributed by atoms with Crippen LogP contribution in [0, 0.1) is 0 Å². The van der Waals surface area contributed by atoms with E-state index in [2.05, 4.69) is 5.32 Å². The smallest absolute Gasteiger partial charge is 0.389 e. The minimum Gasteiger partial charge on any atom is -0.464 e. The predicted octanol–water partition coefficient (Wildman–Crippen LogP) is 4.30. The Bertz CT molecular complexity index is 547. The van der Waals surface area contributed by atoms with E-state index in [4.69, 9.17) is 4.42 Å². The van der Waals surface area contributed by atoms with Crippen LogP contribution in [-0.2, 0) is 6.42 Å². The van der Waals surface area contributed by atoms with Gasteiger partial charge in [0.1, 0.15) is 5.58 Å². The Labute approximate surface area is 116 Å². The maximum absolute atomic E-state index is 12.3. The summed E-state index contributed by atoms with van der Waals surface area (Å²) in [7, 11) is 0. The molecule has 0 fully saturated rings. The molecule has 2 nitrogen and oxygen atoms in total. The van der Waals surface area contributed by atoms with E-state index >= 15 is 0 Å². The van der Waals surface area contributed by atoms with Crippen LogP contribution in [0.5, 0.6) is 0 Å². The first-order valence-electron chi connectivity index (χ1n) is 6.74. The van der Waals surface area contributed by atoms with Gasteiger partial charge in [-0.3, -0.25) is 0 Å². The highest BCUT2D eigenvalue weighted by atomic mass is 19.4. The van der Waals surface area contributed by atoms with Crippen LogP contribution in [0.1, 0.15) is 25.3 Å². The van der Waals surface area contributed by atoms with Crippen LogP contribution in [0.4, 0.5) is 13.2 Å². The molecule has 1 aromatic carbocycles. The lowest BCUT2D eigenvalue weighted by atomic mass is 10.0. The molecule has 1 unspecified atom stereocenters. The van der Waals surface area contributed by atoms with E-state index in [1.165, 1.54) is 0 Å². The lowest BCUT2D eigenvalue weighted by Crippen LogP contribution is -2.32. The summed E-state index contributed by atoms with van der Waals surface area (Å²) in [6.07, 6.45) is -2.55. The quantitative estimate of drug-likeness (QED) is 0.856. The molecule has 0 aliphatic heterocycles. The van der Waals surface area contributed by atoms with Crippen LogP contribution in [0.3, 0.4) is 0 Å². The second kappa shape index (κ2) is 6.31. The number of likely N-dealkylation sites (N-methyl/N-ethyl adjacent to an activating group) is 1. The summed E-state index contributed by atoms with van der Waals surface area (Å²) in [6, 6.07) is 7.43. The summed E-state index contributed by atoms with van der Waals surface area (Å²) >= 11 is 0. The van der Waals surface area contributed by atoms with Crippen molar-refractivity contribution in [2.75, 3.05) is 6.54 Å². The van der Waals surface area contributed by atoms with Crippen molar-refractivity contribution in [1.82, 2.24) is 5.32 Å². The number of hydrogen-bond acceptors (Lipinski definition) is 2. The third-order valence-electron chi connectivity index (χ3n) is 3.27. The molecule has 5 heteroatoms. The summed E-state index contributed by atoms with van der Waals surface area (Å²) in [5, 5.41) is 4.10. The molecule has 20 heavy (non-hydrogen) atoms. The van der Waals surface area contributed by atoms with Crippen LogP contribution in [0.25, 0.3) is 11.0 Å². The zero-order valence-electron chi connectivity index (χ0n) is 11.3. The molecule has 1 heterocycles. The second-order valence-electron chi connectivity index (χ2n) is 4.91. The van der Waals surface area contributed by atoms with Crippen LogP contribution in [-0.4, -0.2) is 18.8 Å². The topological polar surface area (TPSA) is 25.2 Å². The molecule has 110 valence electrons. The van der Waals surface area contributed by atoms with E-state index in [1.54, 1.807) is 6.26 Å². The third-order valence-corrected chi connectivity index (χ3v) is 3.27. The lowest BCUT2D eigenvalue weighted by Gasteiger charge is -2.19. The van der Waals surface area contributed by atoms with Gasteiger partial charge in [-0.2, -0.15) is 13.2 Å². The van der Waals surface area contributed by atoms with Crippen LogP contribution < -0.4 is 5.32 Å². The molecule has 2 rings (SSSR count). The standard InChI is InChI=1S/C15H18F3NO/c1-2-19-13(5-7-15(16,17)18)10-11-3-4-14-12(9-11)6-8-20-14/h3-4,6,8-9,13,19H,2,5,7,10H2,1H3. The third kappa shape index (κ3) is 4.27. The first kappa shape index (κ1) is 14.9. The Morgan fingerprint density at radius 3 is 2.75 bits per heavy atom. The van der Waals surface area contributed by atoms with Gasteiger partial charge in [-0.15, -0.1) is 0 Å². The molecule has 2 aromatic rings. The van der Waals surface area contributed by atoms with Gasteiger partial charge < -0.3 is 9.73 Å². The van der Waals surface area contributed by atoms with Crippen LogP contribution in [0.15, 0.2) is 34.9 Å². The van der Waals surface area contributed by atoms with E-state index in [0.717, 1.165) is 16.5 Å². The van der Waals surface area contributed by atoms with Gasteiger partial charge in [0.05, 0.1) is 6.26 Å². The Hall–Kier alpha value is -1.49. The normalized spacial score (nSPS) is 13.8. The molecule has 0 spiro atoms. The highest BCUT2D eigenvalue weighted by molar-refractivity contribution is 5.77. The molecule has 0 radical (unpaired) electrons. The second-order valence-corrected chi connectivity index (χ2v) is 4.91. The fraction of sp³-hybridized carbons (Fsp3) is 0.467. The molecule has 1 atom stereocenters. The van der Waals surface area contributed by atoms with E-state index in [0.29, 0.717) is 13.0 Å². The number of rotatable bonds is 6. The van der Waals surface area contributed by atoms with E-state index in [-0.39, 0.29) is 12.5 Å². The lowest BCUT2D eigenvalue weighted by molar-refractivity contribution is -0.136. The number of nitrogens with one attached hydrogen (secondary N) is 1. The summed E-state index contributed by atoms with van der Waals surface area (Å²) in [5.74, 6) is 0. The minimum absolute atomic E-state index is 0.0980. The first-order chi connectivity index (χ1) is 9.48. The number of alkyl halides is 3.